The van der Waals surface area contributed by atoms with Gasteiger partial charge in [-0.3, -0.25) is 4.98 Å². The van der Waals surface area contributed by atoms with Crippen molar-refractivity contribution in [2.24, 2.45) is 0 Å². The molecule has 1 aromatic carbocycles. The van der Waals surface area contributed by atoms with Crippen molar-refractivity contribution >= 4 is 17.3 Å². The normalized spacial score (nSPS) is 19.9. The van der Waals surface area contributed by atoms with Crippen LogP contribution in [0.1, 0.15) is 30.4 Å². The van der Waals surface area contributed by atoms with E-state index in [9.17, 15) is 0 Å². The Morgan fingerprint density at radius 2 is 1.84 bits per heavy atom. The Hall–Kier alpha value is -2.66. The van der Waals surface area contributed by atoms with Gasteiger partial charge < -0.3 is 14.8 Å². The summed E-state index contributed by atoms with van der Waals surface area (Å²) in [4.78, 5) is 6.81. The van der Waals surface area contributed by atoms with E-state index in [2.05, 4.69) is 75.4 Å². The Bertz CT molecular complexity index is 860. The number of nitrogens with zero attached hydrogens (tertiary/aromatic N) is 3. The lowest BCUT2D eigenvalue weighted by Crippen LogP contribution is -2.30. The molecule has 3 aromatic rings. The highest BCUT2D eigenvalue weighted by molar-refractivity contribution is 7.80. The summed E-state index contributed by atoms with van der Waals surface area (Å²) in [6.07, 6.45) is 3.94. The number of thiocarbonyl (C=S) groups is 1. The van der Waals surface area contributed by atoms with Crippen LogP contribution in [0.15, 0.2) is 73.1 Å². The molecule has 0 saturated carbocycles. The number of para-hydroxylation sites is 1. The van der Waals surface area contributed by atoms with E-state index in [1.54, 1.807) is 0 Å². The molecule has 126 valence electrons. The van der Waals surface area contributed by atoms with Gasteiger partial charge in [-0.15, -0.1) is 0 Å². The summed E-state index contributed by atoms with van der Waals surface area (Å²) in [7, 11) is 0. The third-order valence-electron chi connectivity index (χ3n) is 4.66. The quantitative estimate of drug-likeness (QED) is 0.726. The van der Waals surface area contributed by atoms with Crippen molar-refractivity contribution in [2.75, 3.05) is 6.54 Å². The predicted molar refractivity (Wildman–Crippen MR) is 104 cm³/mol. The molecular weight excluding hydrogens is 328 g/mol. The maximum atomic E-state index is 5.61. The van der Waals surface area contributed by atoms with Crippen molar-refractivity contribution in [3.63, 3.8) is 0 Å². The third-order valence-corrected chi connectivity index (χ3v) is 5.01. The number of nitrogens with one attached hydrogen (secondary N) is 1. The van der Waals surface area contributed by atoms with Gasteiger partial charge in [-0.1, -0.05) is 24.3 Å². The third kappa shape index (κ3) is 2.81. The zero-order valence-electron chi connectivity index (χ0n) is 14.0. The molecule has 1 fully saturated rings. The van der Waals surface area contributed by atoms with Gasteiger partial charge in [0.2, 0.25) is 0 Å². The van der Waals surface area contributed by atoms with Crippen LogP contribution in [0.5, 0.6) is 0 Å². The first kappa shape index (κ1) is 15.8. The van der Waals surface area contributed by atoms with Gasteiger partial charge in [0.05, 0.1) is 17.8 Å². The Morgan fingerprint density at radius 3 is 2.56 bits per heavy atom. The van der Waals surface area contributed by atoms with Gasteiger partial charge in [0.25, 0.3) is 0 Å². The molecule has 0 spiro atoms. The maximum absolute atomic E-state index is 5.61. The number of aromatic nitrogens is 2. The molecule has 4 nitrogen and oxygen atoms in total. The number of hydrogen-bond donors (Lipinski definition) is 1. The topological polar surface area (TPSA) is 33.1 Å². The predicted octanol–water partition coefficient (Wildman–Crippen LogP) is 3.86. The molecule has 2 aromatic heterocycles. The maximum Gasteiger partial charge on any atom is 0.170 e. The molecule has 0 aliphatic carbocycles. The SMILES string of the molecule is CCN1C(=S)NC(c2ccccn2)C1c1cccn1-c1ccccc1. The van der Waals surface area contributed by atoms with E-state index in [1.165, 1.54) is 5.69 Å². The molecule has 2 atom stereocenters. The molecule has 2 unspecified atom stereocenters. The molecule has 25 heavy (non-hydrogen) atoms. The van der Waals surface area contributed by atoms with E-state index in [0.29, 0.717) is 0 Å². The minimum atomic E-state index is 0.0333. The smallest absolute Gasteiger partial charge is 0.170 e. The molecule has 1 aliphatic heterocycles. The van der Waals surface area contributed by atoms with Gasteiger partial charge in [-0.2, -0.15) is 0 Å². The second kappa shape index (κ2) is 6.69. The Kier molecular flexibility index (Phi) is 4.24. The van der Waals surface area contributed by atoms with Crippen molar-refractivity contribution < 1.29 is 0 Å². The van der Waals surface area contributed by atoms with Gasteiger partial charge >= 0.3 is 0 Å². The van der Waals surface area contributed by atoms with Crippen molar-refractivity contribution in [3.8, 4) is 5.69 Å². The Labute approximate surface area is 153 Å². The fourth-order valence-electron chi connectivity index (χ4n) is 3.53. The van der Waals surface area contributed by atoms with Crippen LogP contribution in [0.4, 0.5) is 0 Å². The Morgan fingerprint density at radius 1 is 1.04 bits per heavy atom. The molecule has 0 bridgehead atoms. The monoisotopic (exact) mass is 348 g/mol. The van der Waals surface area contributed by atoms with E-state index in [0.717, 1.165) is 23.0 Å². The van der Waals surface area contributed by atoms with Crippen LogP contribution in [0, 0.1) is 0 Å². The summed E-state index contributed by atoms with van der Waals surface area (Å²) in [5, 5.41) is 4.25. The molecule has 5 heteroatoms. The highest BCUT2D eigenvalue weighted by atomic mass is 32.1. The van der Waals surface area contributed by atoms with Crippen LogP contribution in [-0.4, -0.2) is 26.1 Å². The number of pyridine rings is 1. The van der Waals surface area contributed by atoms with E-state index in [-0.39, 0.29) is 12.1 Å². The Balaban J connectivity index is 1.81. The van der Waals surface area contributed by atoms with Crippen molar-refractivity contribution in [1.29, 1.82) is 0 Å². The average Bonchev–Trinajstić information content (AvgIpc) is 3.27. The van der Waals surface area contributed by atoms with Crippen LogP contribution in [0.2, 0.25) is 0 Å². The lowest BCUT2D eigenvalue weighted by atomic mass is 10.0. The molecule has 1 saturated heterocycles. The van der Waals surface area contributed by atoms with Crippen molar-refractivity contribution in [3.05, 3.63) is 84.4 Å². The summed E-state index contributed by atoms with van der Waals surface area (Å²) in [5.74, 6) is 0. The molecular formula is C20H20N4S. The zero-order chi connectivity index (χ0) is 17.2. The van der Waals surface area contributed by atoms with E-state index >= 15 is 0 Å². The van der Waals surface area contributed by atoms with Gasteiger partial charge in [0.1, 0.15) is 0 Å². The van der Waals surface area contributed by atoms with E-state index in [4.69, 9.17) is 12.2 Å². The molecule has 0 radical (unpaired) electrons. The molecule has 0 amide bonds. The lowest BCUT2D eigenvalue weighted by molar-refractivity contribution is 0.321. The van der Waals surface area contributed by atoms with Gasteiger partial charge in [0.15, 0.2) is 5.11 Å². The highest BCUT2D eigenvalue weighted by Crippen LogP contribution is 2.39. The minimum Gasteiger partial charge on any atom is -0.352 e. The number of benzene rings is 1. The average molecular weight is 348 g/mol. The lowest BCUT2D eigenvalue weighted by Gasteiger charge is -2.27. The second-order valence-corrected chi connectivity index (χ2v) is 6.44. The van der Waals surface area contributed by atoms with Crippen LogP contribution >= 0.6 is 12.2 Å². The fraction of sp³-hybridized carbons (Fsp3) is 0.200. The standard InChI is InChI=1S/C20H20N4S/c1-2-23-19(18(22-20(23)25)16-11-6-7-13-21-16)17-12-8-14-24(17)15-9-4-3-5-10-15/h3-14,18-19H,2H2,1H3,(H,22,25). The van der Waals surface area contributed by atoms with E-state index in [1.807, 2.05) is 24.4 Å². The molecule has 1 N–H and O–H groups in total. The summed E-state index contributed by atoms with van der Waals surface area (Å²) in [6, 6.07) is 20.8. The first-order valence-corrected chi connectivity index (χ1v) is 8.91. The van der Waals surface area contributed by atoms with Gasteiger partial charge in [-0.05, 0) is 55.5 Å². The highest BCUT2D eigenvalue weighted by Gasteiger charge is 2.40. The summed E-state index contributed by atoms with van der Waals surface area (Å²) < 4.78 is 2.24. The first-order valence-electron chi connectivity index (χ1n) is 8.50. The molecule has 3 heterocycles. The number of rotatable bonds is 4. The fourth-order valence-corrected chi connectivity index (χ4v) is 3.90. The summed E-state index contributed by atoms with van der Waals surface area (Å²) in [5.41, 5.74) is 3.36. The van der Waals surface area contributed by atoms with Crippen LogP contribution in [0.25, 0.3) is 5.69 Å². The van der Waals surface area contributed by atoms with Gasteiger partial charge in [-0.25, -0.2) is 0 Å². The van der Waals surface area contributed by atoms with Gasteiger partial charge in [0, 0.05) is 30.3 Å². The number of likely N-dealkylation sites (N-methyl/N-ethyl adjacent to an activating group) is 1. The van der Waals surface area contributed by atoms with Crippen LogP contribution in [-0.2, 0) is 0 Å². The first-order chi connectivity index (χ1) is 12.3. The van der Waals surface area contributed by atoms with Crippen molar-refractivity contribution in [2.45, 2.75) is 19.0 Å². The second-order valence-electron chi connectivity index (χ2n) is 6.05. The number of hydrogen-bond acceptors (Lipinski definition) is 2. The van der Waals surface area contributed by atoms with Crippen molar-refractivity contribution in [1.82, 2.24) is 19.8 Å². The largest absolute Gasteiger partial charge is 0.352 e. The summed E-state index contributed by atoms with van der Waals surface area (Å²) in [6.45, 7) is 2.98. The summed E-state index contributed by atoms with van der Waals surface area (Å²) >= 11 is 5.61. The molecule has 1 aliphatic rings. The zero-order valence-corrected chi connectivity index (χ0v) is 14.9. The van der Waals surface area contributed by atoms with E-state index < -0.39 is 0 Å². The molecule has 4 rings (SSSR count). The van der Waals surface area contributed by atoms with Crippen LogP contribution < -0.4 is 5.32 Å². The van der Waals surface area contributed by atoms with Crippen LogP contribution in [0.3, 0.4) is 0 Å². The minimum absolute atomic E-state index is 0.0333.